The molecule has 2 heterocycles. The van der Waals surface area contributed by atoms with Crippen LogP contribution in [0.4, 0.5) is 5.82 Å². The molecule has 0 atom stereocenters. The van der Waals surface area contributed by atoms with E-state index in [1.165, 1.54) is 20.0 Å². The summed E-state index contributed by atoms with van der Waals surface area (Å²) in [4.78, 5) is 29.8. The number of aromatic nitrogens is 1. The lowest BCUT2D eigenvalue weighted by Crippen LogP contribution is -2.41. The van der Waals surface area contributed by atoms with Crippen LogP contribution in [-0.2, 0) is 9.53 Å². The summed E-state index contributed by atoms with van der Waals surface area (Å²) in [6.07, 6.45) is 6.25. The minimum atomic E-state index is -0.405. The van der Waals surface area contributed by atoms with E-state index in [9.17, 15) is 9.59 Å². The summed E-state index contributed by atoms with van der Waals surface area (Å²) in [6, 6.07) is 3.56. The fourth-order valence-electron chi connectivity index (χ4n) is 3.60. The number of nitrogens with zero attached hydrogens (tertiary/aromatic N) is 2. The molecule has 142 valence electrons. The average Bonchev–Trinajstić information content (AvgIpc) is 3.14. The number of rotatable bonds is 5. The molecular formula is C19H27N3O4. The molecule has 2 aliphatic rings. The molecule has 1 N–H and O–H groups in total. The minimum Gasteiger partial charge on any atom is -0.474 e. The molecule has 1 aliphatic carbocycles. The summed E-state index contributed by atoms with van der Waals surface area (Å²) in [5.41, 5.74) is 0.430. The van der Waals surface area contributed by atoms with Gasteiger partial charge in [-0.1, -0.05) is 0 Å². The molecule has 0 aromatic carbocycles. The fraction of sp³-hybridized carbons (Fsp3) is 0.632. The number of esters is 1. The highest BCUT2D eigenvalue weighted by atomic mass is 16.5. The van der Waals surface area contributed by atoms with Crippen LogP contribution in [0.2, 0.25) is 0 Å². The molecule has 1 saturated heterocycles. The van der Waals surface area contributed by atoms with Crippen molar-refractivity contribution in [3.05, 3.63) is 17.7 Å². The molecule has 7 nitrogen and oxygen atoms in total. The molecular weight excluding hydrogens is 334 g/mol. The molecule has 1 aromatic rings. The summed E-state index contributed by atoms with van der Waals surface area (Å²) >= 11 is 0. The van der Waals surface area contributed by atoms with Gasteiger partial charge in [-0.2, -0.15) is 4.98 Å². The van der Waals surface area contributed by atoms with E-state index in [2.05, 4.69) is 10.3 Å². The van der Waals surface area contributed by atoms with Gasteiger partial charge in [-0.15, -0.1) is 0 Å². The smallest absolute Gasteiger partial charge is 0.338 e. The van der Waals surface area contributed by atoms with Crippen molar-refractivity contribution in [2.45, 2.75) is 57.6 Å². The van der Waals surface area contributed by atoms with Gasteiger partial charge in [0.1, 0.15) is 11.9 Å². The van der Waals surface area contributed by atoms with E-state index in [1.807, 2.05) is 4.90 Å². The summed E-state index contributed by atoms with van der Waals surface area (Å²) in [7, 11) is 1.37. The fourth-order valence-corrected chi connectivity index (χ4v) is 3.60. The third kappa shape index (κ3) is 4.65. The number of carbonyl (C=O) groups is 2. The molecule has 1 amide bonds. The van der Waals surface area contributed by atoms with E-state index in [0.29, 0.717) is 17.3 Å². The lowest BCUT2D eigenvalue weighted by atomic mass is 10.0. The number of amides is 1. The first-order valence-corrected chi connectivity index (χ1v) is 9.34. The van der Waals surface area contributed by atoms with Crippen molar-refractivity contribution in [2.75, 3.05) is 25.5 Å². The molecule has 3 rings (SSSR count). The van der Waals surface area contributed by atoms with Crippen LogP contribution in [0.5, 0.6) is 5.88 Å². The summed E-state index contributed by atoms with van der Waals surface area (Å²) in [5.74, 6) is 0.783. The van der Waals surface area contributed by atoms with Crippen molar-refractivity contribution in [2.24, 2.45) is 0 Å². The molecule has 1 saturated carbocycles. The van der Waals surface area contributed by atoms with Crippen molar-refractivity contribution >= 4 is 17.7 Å². The van der Waals surface area contributed by atoms with Gasteiger partial charge in [0.2, 0.25) is 11.8 Å². The highest BCUT2D eigenvalue weighted by molar-refractivity contribution is 5.90. The van der Waals surface area contributed by atoms with Gasteiger partial charge >= 0.3 is 5.97 Å². The number of hydrogen-bond acceptors (Lipinski definition) is 6. The van der Waals surface area contributed by atoms with E-state index in [1.54, 1.807) is 19.1 Å². The van der Waals surface area contributed by atoms with Crippen molar-refractivity contribution in [1.82, 2.24) is 9.88 Å². The quantitative estimate of drug-likeness (QED) is 0.812. The predicted molar refractivity (Wildman–Crippen MR) is 97.4 cm³/mol. The van der Waals surface area contributed by atoms with Crippen molar-refractivity contribution < 1.29 is 19.1 Å². The van der Waals surface area contributed by atoms with E-state index < -0.39 is 5.97 Å². The SMILES string of the molecule is COC(=O)c1cc(NC2CCN(C(C)=O)CC2)nc(OC2CCCC2)c1. The zero-order valence-corrected chi connectivity index (χ0v) is 15.5. The van der Waals surface area contributed by atoms with Crippen molar-refractivity contribution in [3.8, 4) is 5.88 Å². The van der Waals surface area contributed by atoms with E-state index in [-0.39, 0.29) is 18.1 Å². The molecule has 1 aromatic heterocycles. The topological polar surface area (TPSA) is 80.8 Å². The molecule has 1 aliphatic heterocycles. The van der Waals surface area contributed by atoms with Gasteiger partial charge in [0.05, 0.1) is 12.7 Å². The third-order valence-electron chi connectivity index (χ3n) is 5.10. The molecule has 7 heteroatoms. The lowest BCUT2D eigenvalue weighted by molar-refractivity contribution is -0.129. The van der Waals surface area contributed by atoms with Gasteiger partial charge < -0.3 is 19.7 Å². The normalized spacial score (nSPS) is 18.6. The maximum atomic E-state index is 12.0. The molecule has 2 fully saturated rings. The molecule has 26 heavy (non-hydrogen) atoms. The Balaban J connectivity index is 1.70. The number of ether oxygens (including phenoxy) is 2. The number of carbonyl (C=O) groups excluding carboxylic acids is 2. The van der Waals surface area contributed by atoms with Gasteiger partial charge in [0.25, 0.3) is 0 Å². The number of piperidine rings is 1. The van der Waals surface area contributed by atoms with Gasteiger partial charge in [-0.25, -0.2) is 4.79 Å². The number of methoxy groups -OCH3 is 1. The van der Waals surface area contributed by atoms with E-state index in [0.717, 1.165) is 38.8 Å². The van der Waals surface area contributed by atoms with Crippen molar-refractivity contribution in [1.29, 1.82) is 0 Å². The number of nitrogens with one attached hydrogen (secondary N) is 1. The highest BCUT2D eigenvalue weighted by Gasteiger charge is 2.23. The maximum Gasteiger partial charge on any atom is 0.338 e. The van der Waals surface area contributed by atoms with Gasteiger partial charge in [-0.3, -0.25) is 4.79 Å². The number of hydrogen-bond donors (Lipinski definition) is 1. The molecule has 0 radical (unpaired) electrons. The van der Waals surface area contributed by atoms with Gasteiger partial charge in [0, 0.05) is 32.1 Å². The Hall–Kier alpha value is -2.31. The average molecular weight is 361 g/mol. The van der Waals surface area contributed by atoms with E-state index in [4.69, 9.17) is 9.47 Å². The van der Waals surface area contributed by atoms with Crippen molar-refractivity contribution in [3.63, 3.8) is 0 Å². The predicted octanol–water partition coefficient (Wildman–Crippen LogP) is 2.61. The van der Waals surface area contributed by atoms with Crippen LogP contribution in [-0.4, -0.2) is 54.1 Å². The Bertz CT molecular complexity index is 650. The molecule has 0 spiro atoms. The zero-order valence-electron chi connectivity index (χ0n) is 15.5. The second kappa shape index (κ2) is 8.38. The van der Waals surface area contributed by atoms with E-state index >= 15 is 0 Å². The largest absolute Gasteiger partial charge is 0.474 e. The minimum absolute atomic E-state index is 0.113. The van der Waals surface area contributed by atoms with Gasteiger partial charge in [-0.05, 0) is 44.6 Å². The maximum absolute atomic E-state index is 12.0. The Morgan fingerprint density at radius 1 is 1.15 bits per heavy atom. The summed E-state index contributed by atoms with van der Waals surface area (Å²) < 4.78 is 10.8. The molecule has 0 unspecified atom stereocenters. The number of anilines is 1. The Kier molecular flexibility index (Phi) is 5.96. The highest BCUT2D eigenvalue weighted by Crippen LogP contribution is 2.26. The second-order valence-electron chi connectivity index (χ2n) is 7.02. The van der Waals surface area contributed by atoms with Crippen LogP contribution in [0.25, 0.3) is 0 Å². The number of likely N-dealkylation sites (tertiary alicyclic amines) is 1. The van der Waals surface area contributed by atoms with Crippen LogP contribution >= 0.6 is 0 Å². The Morgan fingerprint density at radius 3 is 2.46 bits per heavy atom. The zero-order chi connectivity index (χ0) is 18.5. The van der Waals surface area contributed by atoms with Crippen LogP contribution in [0, 0.1) is 0 Å². The summed E-state index contributed by atoms with van der Waals surface area (Å²) in [5, 5.41) is 3.39. The van der Waals surface area contributed by atoms with Crippen LogP contribution in [0.3, 0.4) is 0 Å². The first-order valence-electron chi connectivity index (χ1n) is 9.34. The van der Waals surface area contributed by atoms with Crippen LogP contribution in [0.15, 0.2) is 12.1 Å². The second-order valence-corrected chi connectivity index (χ2v) is 7.02. The first kappa shape index (κ1) is 18.5. The Labute approximate surface area is 154 Å². The standard InChI is InChI=1S/C19H27N3O4/c1-13(23)22-9-7-15(8-10-22)20-17-11-14(19(24)25-2)12-18(21-17)26-16-5-3-4-6-16/h11-12,15-16H,3-10H2,1-2H3,(H,20,21). The third-order valence-corrected chi connectivity index (χ3v) is 5.10. The Morgan fingerprint density at radius 2 is 1.85 bits per heavy atom. The number of pyridine rings is 1. The summed E-state index contributed by atoms with van der Waals surface area (Å²) in [6.45, 7) is 3.06. The lowest BCUT2D eigenvalue weighted by Gasteiger charge is -2.32. The monoisotopic (exact) mass is 361 g/mol. The molecule has 0 bridgehead atoms. The first-order chi connectivity index (χ1) is 12.5. The van der Waals surface area contributed by atoms with Gasteiger partial charge in [0.15, 0.2) is 0 Å². The van der Waals surface area contributed by atoms with Crippen LogP contribution < -0.4 is 10.1 Å². The van der Waals surface area contributed by atoms with Crippen LogP contribution in [0.1, 0.15) is 55.8 Å².